The van der Waals surface area contributed by atoms with E-state index in [0.29, 0.717) is 15.6 Å². The molecule has 4 aromatic rings. The molecule has 0 fully saturated rings. The number of aryl methyl sites for hydroxylation is 1. The average Bonchev–Trinajstić information content (AvgIpc) is 3.66. The van der Waals surface area contributed by atoms with E-state index in [9.17, 15) is 4.21 Å². The predicted molar refractivity (Wildman–Crippen MR) is 160 cm³/mol. The summed E-state index contributed by atoms with van der Waals surface area (Å²) in [6.45, 7) is 11.7. The summed E-state index contributed by atoms with van der Waals surface area (Å²) in [5, 5.41) is 3.58. The molecule has 0 bridgehead atoms. The minimum atomic E-state index is -1.12. The van der Waals surface area contributed by atoms with Gasteiger partial charge in [0.25, 0.3) is 0 Å². The van der Waals surface area contributed by atoms with Crippen molar-refractivity contribution in [3.05, 3.63) is 84.2 Å². The van der Waals surface area contributed by atoms with Crippen LogP contribution in [0.1, 0.15) is 13.3 Å². The molecule has 4 heterocycles. The summed E-state index contributed by atoms with van der Waals surface area (Å²) in [7, 11) is 2.45. The standard InChI is InChI=1S/C17H17N5OS3.C7H4.C4H5N/c1-3-8-26(23)17-13(18)12-10(14-19-4-6-22(14)2)9-11(21-16(12)25-17)15-20-5-7-24-15;1-3-5-7-6-4-2;1-3-4-5-2/h4-7,9H,3,8,18H2,1-2H3;1-2H2;1H2,2H3. The highest BCUT2D eigenvalue weighted by atomic mass is 32.2. The van der Waals surface area contributed by atoms with Gasteiger partial charge >= 0.3 is 0 Å². The number of imidazole rings is 1. The van der Waals surface area contributed by atoms with Gasteiger partial charge in [0.05, 0.1) is 16.5 Å². The van der Waals surface area contributed by atoms with Crippen molar-refractivity contribution in [2.75, 3.05) is 18.5 Å². The third-order valence-corrected chi connectivity index (χ3v) is 8.38. The van der Waals surface area contributed by atoms with E-state index in [4.69, 9.17) is 10.7 Å². The topological polar surface area (TPSA) is 99.0 Å². The van der Waals surface area contributed by atoms with Gasteiger partial charge in [-0.15, -0.1) is 22.7 Å². The highest BCUT2D eigenvalue weighted by molar-refractivity contribution is 7.87. The number of fused-ring (bicyclic) bond motifs is 1. The summed E-state index contributed by atoms with van der Waals surface area (Å²) >= 11 is 2.94. The molecule has 1 atom stereocenters. The number of nitrogens with two attached hydrogens (primary N) is 1. The largest absolute Gasteiger partial charge is 0.396 e. The lowest BCUT2D eigenvalue weighted by Gasteiger charge is -2.07. The van der Waals surface area contributed by atoms with E-state index in [-0.39, 0.29) is 0 Å². The van der Waals surface area contributed by atoms with E-state index in [1.807, 2.05) is 36.2 Å². The van der Waals surface area contributed by atoms with Gasteiger partial charge in [-0.2, -0.15) is 0 Å². The number of pyridine rings is 1. The summed E-state index contributed by atoms with van der Waals surface area (Å²) < 4.78 is 15.2. The van der Waals surface area contributed by atoms with Crippen molar-refractivity contribution < 1.29 is 4.21 Å². The summed E-state index contributed by atoms with van der Waals surface area (Å²) in [5.41, 5.74) is 23.0. The maximum atomic E-state index is 12.6. The van der Waals surface area contributed by atoms with Crippen LogP contribution in [-0.4, -0.2) is 42.4 Å². The zero-order valence-electron chi connectivity index (χ0n) is 21.4. The number of hydrogen-bond acceptors (Lipinski definition) is 8. The van der Waals surface area contributed by atoms with Gasteiger partial charge in [0.2, 0.25) is 0 Å². The first-order valence-electron chi connectivity index (χ1n) is 11.1. The van der Waals surface area contributed by atoms with E-state index in [2.05, 4.69) is 75.0 Å². The SMILES string of the molecule is C=C=C=C=C=C=C.C=C=C=NC.CCCS(=O)c1sc2nc(-c3nccs3)cc(-c3nccn3C)c2c1N. The Hall–Kier alpha value is -4.23. The maximum absolute atomic E-state index is 12.6. The van der Waals surface area contributed by atoms with Crippen LogP contribution in [0, 0.1) is 0 Å². The van der Waals surface area contributed by atoms with Crippen molar-refractivity contribution >= 4 is 55.2 Å². The van der Waals surface area contributed by atoms with E-state index in [0.717, 1.165) is 38.7 Å². The summed E-state index contributed by atoms with van der Waals surface area (Å²) in [5.74, 6) is 3.77. The Labute approximate surface area is 232 Å². The number of hydrogen-bond donors (Lipinski definition) is 1. The number of thiophene rings is 1. The number of aromatic nitrogens is 4. The Morgan fingerprint density at radius 1 is 1.13 bits per heavy atom. The fourth-order valence-electron chi connectivity index (χ4n) is 3.01. The van der Waals surface area contributed by atoms with E-state index in [1.165, 1.54) is 22.7 Å². The van der Waals surface area contributed by atoms with Gasteiger partial charge in [0, 0.05) is 60.6 Å². The zero-order valence-corrected chi connectivity index (χ0v) is 23.8. The molecular formula is C28H26N6OS3. The average molecular weight is 559 g/mol. The molecule has 0 saturated heterocycles. The van der Waals surface area contributed by atoms with Crippen molar-refractivity contribution in [3.8, 4) is 22.1 Å². The second-order valence-corrected chi connectivity index (χ2v) is 10.7. The smallest absolute Gasteiger partial charge is 0.141 e. The lowest BCUT2D eigenvalue weighted by Crippen LogP contribution is -1.99. The van der Waals surface area contributed by atoms with Crippen LogP contribution in [0.3, 0.4) is 0 Å². The van der Waals surface area contributed by atoms with Gasteiger partial charge in [-0.05, 0) is 49.4 Å². The Morgan fingerprint density at radius 3 is 2.37 bits per heavy atom. The van der Waals surface area contributed by atoms with Gasteiger partial charge in [-0.25, -0.2) is 19.9 Å². The monoisotopic (exact) mass is 558 g/mol. The van der Waals surface area contributed by atoms with Gasteiger partial charge in [-0.3, -0.25) is 4.21 Å². The Bertz CT molecular complexity index is 1660. The molecule has 192 valence electrons. The Morgan fingerprint density at radius 2 is 1.87 bits per heavy atom. The number of nitrogens with zero attached hydrogens (tertiary/aromatic N) is 5. The molecule has 0 aliphatic rings. The molecule has 2 N–H and O–H groups in total. The van der Waals surface area contributed by atoms with Crippen LogP contribution >= 0.6 is 22.7 Å². The number of aliphatic imine (C=N–C) groups is 1. The summed E-state index contributed by atoms with van der Waals surface area (Å²) in [6, 6.07) is 1.97. The van der Waals surface area contributed by atoms with Crippen LogP contribution in [-0.2, 0) is 17.8 Å². The molecule has 0 radical (unpaired) electrons. The van der Waals surface area contributed by atoms with E-state index in [1.54, 1.807) is 19.4 Å². The predicted octanol–water partition coefficient (Wildman–Crippen LogP) is 6.12. The molecule has 0 aliphatic heterocycles. The zero-order chi connectivity index (χ0) is 27.9. The van der Waals surface area contributed by atoms with Crippen LogP contribution in [0.15, 0.2) is 93.4 Å². The van der Waals surface area contributed by atoms with Crippen LogP contribution in [0.4, 0.5) is 5.69 Å². The molecule has 0 aromatic carbocycles. The van der Waals surface area contributed by atoms with Crippen molar-refractivity contribution in [2.24, 2.45) is 12.0 Å². The van der Waals surface area contributed by atoms with Gasteiger partial charge < -0.3 is 10.3 Å². The van der Waals surface area contributed by atoms with Gasteiger partial charge in [-0.1, -0.05) is 24.1 Å². The minimum absolute atomic E-state index is 0.549. The fraction of sp³-hybridized carbons (Fsp3) is 0.179. The highest BCUT2D eigenvalue weighted by Gasteiger charge is 2.22. The third-order valence-electron chi connectivity index (χ3n) is 4.47. The first-order valence-corrected chi connectivity index (χ1v) is 14.1. The Balaban J connectivity index is 0.000000355. The number of nitrogen functional groups attached to an aromatic ring is 1. The molecule has 0 spiro atoms. The van der Waals surface area contributed by atoms with Crippen LogP contribution in [0.2, 0.25) is 0 Å². The van der Waals surface area contributed by atoms with Crippen molar-refractivity contribution in [1.29, 1.82) is 0 Å². The number of anilines is 1. The normalized spacial score (nSPS) is 9.87. The van der Waals surface area contributed by atoms with Crippen LogP contribution in [0.25, 0.3) is 32.3 Å². The second-order valence-electron chi connectivity index (χ2n) is 7.03. The maximum Gasteiger partial charge on any atom is 0.141 e. The molecule has 0 aliphatic carbocycles. The fourth-order valence-corrected chi connectivity index (χ4v) is 6.22. The first-order chi connectivity index (χ1) is 18.4. The number of rotatable bonds is 5. The van der Waals surface area contributed by atoms with Crippen LogP contribution < -0.4 is 5.73 Å². The van der Waals surface area contributed by atoms with Crippen molar-refractivity contribution in [1.82, 2.24) is 19.5 Å². The van der Waals surface area contributed by atoms with Crippen molar-refractivity contribution in [3.63, 3.8) is 0 Å². The molecule has 4 rings (SSSR count). The third kappa shape index (κ3) is 7.88. The lowest BCUT2D eigenvalue weighted by atomic mass is 10.1. The number of thiazole rings is 1. The second kappa shape index (κ2) is 15.8. The first kappa shape index (κ1) is 30.0. The molecule has 1 unspecified atom stereocenters. The lowest BCUT2D eigenvalue weighted by molar-refractivity contribution is 0.683. The van der Waals surface area contributed by atoms with Gasteiger partial charge in [0.15, 0.2) is 0 Å². The van der Waals surface area contributed by atoms with Crippen molar-refractivity contribution in [2.45, 2.75) is 17.6 Å². The minimum Gasteiger partial charge on any atom is -0.396 e. The molecule has 0 amide bonds. The quantitative estimate of drug-likeness (QED) is 0.235. The Kier molecular flexibility index (Phi) is 12.5. The van der Waals surface area contributed by atoms with E-state index >= 15 is 0 Å². The van der Waals surface area contributed by atoms with E-state index < -0.39 is 10.8 Å². The summed E-state index contributed by atoms with van der Waals surface area (Å²) in [6.07, 6.45) is 6.24. The molecular weight excluding hydrogens is 533 g/mol. The molecule has 7 nitrogen and oxygen atoms in total. The van der Waals surface area contributed by atoms with Crippen LogP contribution in [0.5, 0.6) is 0 Å². The molecule has 0 saturated carbocycles. The highest BCUT2D eigenvalue weighted by Crippen LogP contribution is 2.42. The molecule has 10 heteroatoms. The summed E-state index contributed by atoms with van der Waals surface area (Å²) in [4.78, 5) is 17.8. The molecule has 38 heavy (non-hydrogen) atoms. The molecule has 4 aromatic heterocycles. The van der Waals surface area contributed by atoms with Gasteiger partial charge in [0.1, 0.15) is 25.6 Å².